The van der Waals surface area contributed by atoms with Crippen molar-refractivity contribution in [3.8, 4) is 28.5 Å². The van der Waals surface area contributed by atoms with Crippen LogP contribution in [0, 0.1) is 0 Å². The molecule has 3 heterocycles. The summed E-state index contributed by atoms with van der Waals surface area (Å²) in [4.78, 5) is 25.6. The average Bonchev–Trinajstić information content (AvgIpc) is 3.23. The third kappa shape index (κ3) is 3.16. The molecule has 0 unspecified atom stereocenters. The summed E-state index contributed by atoms with van der Waals surface area (Å²) >= 11 is 0. The number of aromatic nitrogens is 6. The van der Waals surface area contributed by atoms with Gasteiger partial charge in [-0.05, 0) is 19.9 Å². The summed E-state index contributed by atoms with van der Waals surface area (Å²) in [6.07, 6.45) is 4.99. The number of nitrogens with zero attached hydrogens (tertiary/aromatic N) is 6. The van der Waals surface area contributed by atoms with Gasteiger partial charge in [0, 0.05) is 24.0 Å². The number of hydrogen-bond acceptors (Lipinski definition) is 6. The molecule has 0 amide bonds. The maximum absolute atomic E-state index is 12.1. The van der Waals surface area contributed by atoms with E-state index < -0.39 is 0 Å². The molecule has 0 aliphatic carbocycles. The van der Waals surface area contributed by atoms with Crippen molar-refractivity contribution in [3.63, 3.8) is 0 Å². The van der Waals surface area contributed by atoms with Gasteiger partial charge in [-0.25, -0.2) is 19.6 Å². The zero-order valence-electron chi connectivity index (χ0n) is 15.5. The second kappa shape index (κ2) is 7.07. The van der Waals surface area contributed by atoms with Crippen LogP contribution in [0.25, 0.3) is 28.5 Å². The van der Waals surface area contributed by atoms with E-state index in [0.717, 1.165) is 5.56 Å². The minimum Gasteiger partial charge on any atom is -0.381 e. The SMILES string of the molecule is CC(C)n1nc(-c2nc(-n3ccnc3)c(N)nc2-c2ccccc2)ccc1=O. The number of anilines is 1. The highest BCUT2D eigenvalue weighted by molar-refractivity contribution is 5.78. The van der Waals surface area contributed by atoms with E-state index in [2.05, 4.69) is 15.1 Å². The average molecular weight is 373 g/mol. The second-order valence-electron chi connectivity index (χ2n) is 6.56. The van der Waals surface area contributed by atoms with Gasteiger partial charge in [0.15, 0.2) is 11.6 Å². The minimum absolute atomic E-state index is 0.0810. The highest BCUT2D eigenvalue weighted by atomic mass is 16.1. The van der Waals surface area contributed by atoms with Gasteiger partial charge in [-0.1, -0.05) is 30.3 Å². The molecule has 0 saturated heterocycles. The van der Waals surface area contributed by atoms with E-state index in [0.29, 0.717) is 22.9 Å². The monoisotopic (exact) mass is 373 g/mol. The summed E-state index contributed by atoms with van der Waals surface area (Å²) in [5.41, 5.74) is 8.58. The molecule has 0 atom stereocenters. The lowest BCUT2D eigenvalue weighted by molar-refractivity contribution is 0.504. The van der Waals surface area contributed by atoms with Crippen LogP contribution in [0.5, 0.6) is 0 Å². The molecule has 0 spiro atoms. The van der Waals surface area contributed by atoms with Crippen LogP contribution in [0.4, 0.5) is 5.82 Å². The Morgan fingerprint density at radius 1 is 1.00 bits per heavy atom. The normalized spacial score (nSPS) is 11.1. The van der Waals surface area contributed by atoms with Gasteiger partial charge in [0.2, 0.25) is 0 Å². The molecular formula is C20H19N7O. The molecule has 0 aliphatic rings. The first-order valence-electron chi connectivity index (χ1n) is 8.86. The molecule has 1 aromatic carbocycles. The molecule has 0 saturated carbocycles. The Morgan fingerprint density at radius 2 is 1.79 bits per heavy atom. The quantitative estimate of drug-likeness (QED) is 0.590. The molecule has 3 aromatic heterocycles. The Hall–Kier alpha value is -3.81. The van der Waals surface area contributed by atoms with Crippen LogP contribution in [0.15, 0.2) is 66.0 Å². The van der Waals surface area contributed by atoms with E-state index in [1.54, 1.807) is 29.4 Å². The maximum atomic E-state index is 12.1. The third-order valence-corrected chi connectivity index (χ3v) is 4.26. The molecule has 0 radical (unpaired) electrons. The molecule has 0 fully saturated rings. The van der Waals surface area contributed by atoms with E-state index >= 15 is 0 Å². The van der Waals surface area contributed by atoms with Crippen LogP contribution in [0.2, 0.25) is 0 Å². The molecule has 4 aromatic rings. The lowest BCUT2D eigenvalue weighted by atomic mass is 10.1. The highest BCUT2D eigenvalue weighted by Gasteiger charge is 2.18. The standard InChI is InChI=1S/C20H19N7O/c1-13(2)27-16(28)9-8-15(25-27)18-17(14-6-4-3-5-7-14)23-19(21)20(24-18)26-11-10-22-12-26/h3-13H,1-2H3,(H2,21,23). The first-order valence-corrected chi connectivity index (χ1v) is 8.86. The van der Waals surface area contributed by atoms with Crippen molar-refractivity contribution in [3.05, 3.63) is 71.5 Å². The van der Waals surface area contributed by atoms with Crippen LogP contribution in [-0.2, 0) is 0 Å². The van der Waals surface area contributed by atoms with Gasteiger partial charge in [0.1, 0.15) is 23.4 Å². The van der Waals surface area contributed by atoms with Crippen LogP contribution >= 0.6 is 0 Å². The Labute approximate surface area is 161 Å². The fraction of sp³-hybridized carbons (Fsp3) is 0.150. The van der Waals surface area contributed by atoms with Gasteiger partial charge in [0.05, 0.1) is 6.04 Å². The van der Waals surface area contributed by atoms with Crippen molar-refractivity contribution in [2.75, 3.05) is 5.73 Å². The maximum Gasteiger partial charge on any atom is 0.267 e. The van der Waals surface area contributed by atoms with Crippen LogP contribution in [0.1, 0.15) is 19.9 Å². The van der Waals surface area contributed by atoms with Gasteiger partial charge in [0.25, 0.3) is 5.56 Å². The van der Waals surface area contributed by atoms with E-state index in [4.69, 9.17) is 10.7 Å². The molecule has 28 heavy (non-hydrogen) atoms. The molecule has 8 heteroatoms. The summed E-state index contributed by atoms with van der Waals surface area (Å²) in [6.45, 7) is 3.81. The number of imidazole rings is 1. The Kier molecular flexibility index (Phi) is 4.44. The van der Waals surface area contributed by atoms with Crippen LogP contribution < -0.4 is 11.3 Å². The van der Waals surface area contributed by atoms with Crippen molar-refractivity contribution in [2.24, 2.45) is 0 Å². The van der Waals surface area contributed by atoms with Crippen molar-refractivity contribution in [2.45, 2.75) is 19.9 Å². The predicted octanol–water partition coefficient (Wildman–Crippen LogP) is 2.72. The van der Waals surface area contributed by atoms with Crippen LogP contribution in [-0.4, -0.2) is 29.3 Å². The molecule has 0 aliphatic heterocycles. The number of hydrogen-bond donors (Lipinski definition) is 1. The zero-order valence-corrected chi connectivity index (χ0v) is 15.5. The lowest BCUT2D eigenvalue weighted by Gasteiger charge is -2.14. The molecule has 2 N–H and O–H groups in total. The van der Waals surface area contributed by atoms with Crippen molar-refractivity contribution in [1.82, 2.24) is 29.3 Å². The first kappa shape index (κ1) is 17.6. The van der Waals surface area contributed by atoms with E-state index in [1.165, 1.54) is 10.7 Å². The van der Waals surface area contributed by atoms with Gasteiger partial charge >= 0.3 is 0 Å². The minimum atomic E-state index is -0.168. The molecule has 0 bridgehead atoms. The highest BCUT2D eigenvalue weighted by Crippen LogP contribution is 2.30. The van der Waals surface area contributed by atoms with Gasteiger partial charge in [-0.3, -0.25) is 9.36 Å². The molecule has 8 nitrogen and oxygen atoms in total. The van der Waals surface area contributed by atoms with Crippen molar-refractivity contribution in [1.29, 1.82) is 0 Å². The van der Waals surface area contributed by atoms with E-state index in [-0.39, 0.29) is 17.4 Å². The van der Waals surface area contributed by atoms with Crippen LogP contribution in [0.3, 0.4) is 0 Å². The van der Waals surface area contributed by atoms with Crippen molar-refractivity contribution < 1.29 is 0 Å². The summed E-state index contributed by atoms with van der Waals surface area (Å²) < 4.78 is 3.12. The summed E-state index contributed by atoms with van der Waals surface area (Å²) in [6, 6.07) is 12.7. The fourth-order valence-corrected chi connectivity index (χ4v) is 2.91. The third-order valence-electron chi connectivity index (χ3n) is 4.26. The summed E-state index contributed by atoms with van der Waals surface area (Å²) in [5.74, 6) is 0.731. The second-order valence-corrected chi connectivity index (χ2v) is 6.56. The largest absolute Gasteiger partial charge is 0.381 e. The number of rotatable bonds is 4. The predicted molar refractivity (Wildman–Crippen MR) is 107 cm³/mol. The lowest BCUT2D eigenvalue weighted by Crippen LogP contribution is -2.24. The number of nitrogen functional groups attached to an aromatic ring is 1. The molecule has 140 valence electrons. The van der Waals surface area contributed by atoms with E-state index in [9.17, 15) is 4.79 Å². The number of nitrogens with two attached hydrogens (primary N) is 1. The molecule has 4 rings (SSSR count). The fourth-order valence-electron chi connectivity index (χ4n) is 2.91. The number of benzene rings is 1. The Bertz CT molecular complexity index is 1170. The van der Waals surface area contributed by atoms with Gasteiger partial charge < -0.3 is 5.73 Å². The zero-order chi connectivity index (χ0) is 19.7. The molecular weight excluding hydrogens is 354 g/mol. The van der Waals surface area contributed by atoms with Gasteiger partial charge in [-0.2, -0.15) is 5.10 Å². The van der Waals surface area contributed by atoms with Gasteiger partial charge in [-0.15, -0.1) is 0 Å². The Morgan fingerprint density at radius 3 is 2.46 bits per heavy atom. The van der Waals surface area contributed by atoms with Crippen molar-refractivity contribution >= 4 is 5.82 Å². The first-order chi connectivity index (χ1) is 13.5. The topological polar surface area (TPSA) is 105 Å². The Balaban J connectivity index is 2.00. The van der Waals surface area contributed by atoms with E-state index in [1.807, 2.05) is 44.2 Å². The summed E-state index contributed by atoms with van der Waals surface area (Å²) in [7, 11) is 0. The smallest absolute Gasteiger partial charge is 0.267 e. The summed E-state index contributed by atoms with van der Waals surface area (Å²) in [5, 5.41) is 4.52.